The molecule has 0 unspecified atom stereocenters. The van der Waals surface area contributed by atoms with Gasteiger partial charge in [-0.25, -0.2) is 4.98 Å². The highest BCUT2D eigenvalue weighted by atomic mass is 16.5. The van der Waals surface area contributed by atoms with Gasteiger partial charge >= 0.3 is 0 Å². The zero-order chi connectivity index (χ0) is 19.2. The van der Waals surface area contributed by atoms with E-state index in [1.807, 2.05) is 30.3 Å². The summed E-state index contributed by atoms with van der Waals surface area (Å²) in [5, 5.41) is 3.49. The zero-order valence-electron chi connectivity index (χ0n) is 16.1. The lowest BCUT2D eigenvalue weighted by Gasteiger charge is -2.09. The number of aryl methyl sites for hydroxylation is 1. The Balaban J connectivity index is 1.26. The van der Waals surface area contributed by atoms with Crippen molar-refractivity contribution in [1.82, 2.24) is 15.3 Å². The molecule has 0 atom stereocenters. The third kappa shape index (κ3) is 4.78. The van der Waals surface area contributed by atoms with Gasteiger partial charge in [0.1, 0.15) is 18.2 Å². The summed E-state index contributed by atoms with van der Waals surface area (Å²) in [6.45, 7) is 4.36. The van der Waals surface area contributed by atoms with Gasteiger partial charge in [0, 0.05) is 19.5 Å². The van der Waals surface area contributed by atoms with Crippen molar-refractivity contribution in [2.75, 3.05) is 6.54 Å². The minimum absolute atomic E-state index is 0.588. The average molecular weight is 371 g/mol. The number of benzene rings is 3. The van der Waals surface area contributed by atoms with Gasteiger partial charge in [-0.3, -0.25) is 0 Å². The first kappa shape index (κ1) is 18.3. The molecule has 0 bridgehead atoms. The Morgan fingerprint density at radius 1 is 0.929 bits per heavy atom. The smallest absolute Gasteiger partial charge is 0.120 e. The lowest BCUT2D eigenvalue weighted by Crippen LogP contribution is -2.17. The van der Waals surface area contributed by atoms with Crippen LogP contribution in [0.1, 0.15) is 22.5 Å². The van der Waals surface area contributed by atoms with Crippen LogP contribution in [0, 0.1) is 6.92 Å². The SMILES string of the molecule is Cc1cccc(COc2cccc(CNCCc3nc4ccccc4[nH]3)c2)c1. The fraction of sp³-hybridized carbons (Fsp3) is 0.208. The molecule has 3 aromatic carbocycles. The molecule has 142 valence electrons. The van der Waals surface area contributed by atoms with Crippen LogP contribution in [-0.4, -0.2) is 16.5 Å². The predicted molar refractivity (Wildman–Crippen MR) is 113 cm³/mol. The highest BCUT2D eigenvalue weighted by molar-refractivity contribution is 5.74. The number of fused-ring (bicyclic) bond motifs is 1. The predicted octanol–water partition coefficient (Wildman–Crippen LogP) is 4.78. The monoisotopic (exact) mass is 371 g/mol. The molecular weight excluding hydrogens is 346 g/mol. The quantitative estimate of drug-likeness (QED) is 0.438. The van der Waals surface area contributed by atoms with Gasteiger partial charge in [-0.2, -0.15) is 0 Å². The van der Waals surface area contributed by atoms with Gasteiger partial charge in [0.15, 0.2) is 0 Å². The second kappa shape index (κ2) is 8.72. The second-order valence-electron chi connectivity index (χ2n) is 7.05. The number of rotatable bonds is 8. The number of nitrogens with one attached hydrogen (secondary N) is 2. The average Bonchev–Trinajstić information content (AvgIpc) is 3.13. The van der Waals surface area contributed by atoms with Crippen LogP contribution in [0.15, 0.2) is 72.8 Å². The molecule has 0 aliphatic rings. The zero-order valence-corrected chi connectivity index (χ0v) is 16.1. The summed E-state index contributed by atoms with van der Waals surface area (Å²) in [5.41, 5.74) is 5.77. The van der Waals surface area contributed by atoms with Gasteiger partial charge in [0.25, 0.3) is 0 Å². The molecule has 1 aromatic heterocycles. The maximum atomic E-state index is 5.95. The van der Waals surface area contributed by atoms with E-state index in [9.17, 15) is 0 Å². The fourth-order valence-corrected chi connectivity index (χ4v) is 3.28. The summed E-state index contributed by atoms with van der Waals surface area (Å²) in [4.78, 5) is 7.98. The highest BCUT2D eigenvalue weighted by Gasteiger charge is 2.02. The Bertz CT molecular complexity index is 1020. The molecule has 1 heterocycles. The summed E-state index contributed by atoms with van der Waals surface area (Å²) >= 11 is 0. The van der Waals surface area contributed by atoms with Crippen LogP contribution >= 0.6 is 0 Å². The molecule has 0 aliphatic carbocycles. The van der Waals surface area contributed by atoms with Gasteiger partial charge in [-0.05, 0) is 42.3 Å². The van der Waals surface area contributed by atoms with Gasteiger partial charge in [0.2, 0.25) is 0 Å². The Hall–Kier alpha value is -3.11. The molecule has 0 aliphatic heterocycles. The largest absolute Gasteiger partial charge is 0.489 e. The van der Waals surface area contributed by atoms with Crippen LogP contribution in [0.25, 0.3) is 11.0 Å². The molecule has 4 rings (SSSR count). The van der Waals surface area contributed by atoms with Gasteiger partial charge < -0.3 is 15.0 Å². The fourth-order valence-electron chi connectivity index (χ4n) is 3.28. The van der Waals surface area contributed by atoms with E-state index in [1.54, 1.807) is 0 Å². The highest BCUT2D eigenvalue weighted by Crippen LogP contribution is 2.16. The minimum atomic E-state index is 0.588. The number of hydrogen-bond acceptors (Lipinski definition) is 3. The van der Waals surface area contributed by atoms with Crippen molar-refractivity contribution >= 4 is 11.0 Å². The first-order valence-corrected chi connectivity index (χ1v) is 9.68. The third-order valence-corrected chi connectivity index (χ3v) is 4.69. The standard InChI is InChI=1S/C24H25N3O/c1-18-6-4-8-20(14-18)17-28-21-9-5-7-19(15-21)16-25-13-12-24-26-22-10-2-3-11-23(22)27-24/h2-11,14-15,25H,12-13,16-17H2,1H3,(H,26,27). The van der Waals surface area contributed by atoms with E-state index < -0.39 is 0 Å². The molecule has 28 heavy (non-hydrogen) atoms. The Labute approximate surface area is 165 Å². The molecule has 0 saturated carbocycles. The van der Waals surface area contributed by atoms with Crippen molar-refractivity contribution in [2.45, 2.75) is 26.5 Å². The minimum Gasteiger partial charge on any atom is -0.489 e. The molecule has 0 radical (unpaired) electrons. The van der Waals surface area contributed by atoms with Crippen molar-refractivity contribution < 1.29 is 4.74 Å². The number of H-pyrrole nitrogens is 1. The lowest BCUT2D eigenvalue weighted by atomic mass is 10.1. The number of para-hydroxylation sites is 2. The normalized spacial score (nSPS) is 11.0. The van der Waals surface area contributed by atoms with Crippen molar-refractivity contribution in [3.8, 4) is 5.75 Å². The maximum absolute atomic E-state index is 5.95. The van der Waals surface area contributed by atoms with E-state index in [2.05, 4.69) is 64.7 Å². The number of nitrogens with zero attached hydrogens (tertiary/aromatic N) is 1. The van der Waals surface area contributed by atoms with E-state index in [4.69, 9.17) is 4.74 Å². The summed E-state index contributed by atoms with van der Waals surface area (Å²) in [6, 6.07) is 24.8. The van der Waals surface area contributed by atoms with E-state index in [0.717, 1.165) is 42.1 Å². The van der Waals surface area contributed by atoms with E-state index in [1.165, 1.54) is 16.7 Å². The molecule has 4 aromatic rings. The molecule has 0 spiro atoms. The molecule has 2 N–H and O–H groups in total. The first-order valence-electron chi connectivity index (χ1n) is 9.68. The van der Waals surface area contributed by atoms with Crippen LogP contribution in [0.2, 0.25) is 0 Å². The van der Waals surface area contributed by atoms with Crippen molar-refractivity contribution in [2.24, 2.45) is 0 Å². The number of ether oxygens (including phenoxy) is 1. The maximum Gasteiger partial charge on any atom is 0.120 e. The topological polar surface area (TPSA) is 49.9 Å². The number of hydrogen-bond donors (Lipinski definition) is 2. The number of aromatic nitrogens is 2. The summed E-state index contributed by atoms with van der Waals surface area (Å²) in [5.74, 6) is 1.92. The van der Waals surface area contributed by atoms with Gasteiger partial charge in [-0.1, -0.05) is 54.1 Å². The van der Waals surface area contributed by atoms with Crippen LogP contribution < -0.4 is 10.1 Å². The number of imidazole rings is 1. The summed E-state index contributed by atoms with van der Waals surface area (Å²) in [6.07, 6.45) is 0.873. The van der Waals surface area contributed by atoms with Crippen molar-refractivity contribution in [3.05, 3.63) is 95.3 Å². The molecule has 4 heteroatoms. The molecule has 0 fully saturated rings. The van der Waals surface area contributed by atoms with Crippen LogP contribution in [0.3, 0.4) is 0 Å². The second-order valence-corrected chi connectivity index (χ2v) is 7.05. The van der Waals surface area contributed by atoms with E-state index in [0.29, 0.717) is 6.61 Å². The molecule has 4 nitrogen and oxygen atoms in total. The van der Waals surface area contributed by atoms with Crippen molar-refractivity contribution in [3.63, 3.8) is 0 Å². The molecular formula is C24H25N3O. The third-order valence-electron chi connectivity index (χ3n) is 4.69. The van der Waals surface area contributed by atoms with Gasteiger partial charge in [0.05, 0.1) is 11.0 Å². The van der Waals surface area contributed by atoms with E-state index in [-0.39, 0.29) is 0 Å². The van der Waals surface area contributed by atoms with Crippen LogP contribution in [-0.2, 0) is 19.6 Å². The Morgan fingerprint density at radius 3 is 2.68 bits per heavy atom. The summed E-state index contributed by atoms with van der Waals surface area (Å²) in [7, 11) is 0. The Kier molecular flexibility index (Phi) is 5.69. The lowest BCUT2D eigenvalue weighted by molar-refractivity contribution is 0.306. The summed E-state index contributed by atoms with van der Waals surface area (Å²) < 4.78 is 5.95. The van der Waals surface area contributed by atoms with Crippen LogP contribution in [0.5, 0.6) is 5.75 Å². The molecule has 0 amide bonds. The molecule has 0 saturated heterocycles. The van der Waals surface area contributed by atoms with Crippen LogP contribution in [0.4, 0.5) is 0 Å². The first-order chi connectivity index (χ1) is 13.8. The van der Waals surface area contributed by atoms with Gasteiger partial charge in [-0.15, -0.1) is 0 Å². The van der Waals surface area contributed by atoms with E-state index >= 15 is 0 Å². The Morgan fingerprint density at radius 2 is 1.79 bits per heavy atom. The van der Waals surface area contributed by atoms with Crippen molar-refractivity contribution in [1.29, 1.82) is 0 Å². The number of aromatic amines is 1.